The summed E-state index contributed by atoms with van der Waals surface area (Å²) in [4.78, 5) is 7.13. The van der Waals surface area contributed by atoms with Gasteiger partial charge in [-0.25, -0.2) is 0 Å². The monoisotopic (exact) mass is 353 g/mol. The Kier molecular flexibility index (Phi) is 5.09. The molecule has 5 heteroatoms. The molecular formula is C21H27N3O2. The summed E-state index contributed by atoms with van der Waals surface area (Å²) < 4.78 is 11.5. The fourth-order valence-electron chi connectivity index (χ4n) is 4.17. The minimum absolute atomic E-state index is 0.0607. The van der Waals surface area contributed by atoms with E-state index in [9.17, 15) is 0 Å². The van der Waals surface area contributed by atoms with E-state index < -0.39 is 0 Å². The average molecular weight is 353 g/mol. The predicted molar refractivity (Wildman–Crippen MR) is 102 cm³/mol. The van der Waals surface area contributed by atoms with Gasteiger partial charge in [-0.2, -0.15) is 0 Å². The molecular weight excluding hydrogens is 326 g/mol. The lowest BCUT2D eigenvalue weighted by Crippen LogP contribution is -2.39. The third-order valence-electron chi connectivity index (χ3n) is 5.59. The number of aromatic nitrogens is 1. The molecule has 0 radical (unpaired) electrons. The van der Waals surface area contributed by atoms with E-state index in [1.54, 1.807) is 7.11 Å². The van der Waals surface area contributed by atoms with E-state index in [-0.39, 0.29) is 6.04 Å². The van der Waals surface area contributed by atoms with Crippen molar-refractivity contribution in [2.24, 2.45) is 0 Å². The second-order valence-electron chi connectivity index (χ2n) is 7.00. The number of nitrogens with one attached hydrogen (secondary N) is 1. The maximum absolute atomic E-state index is 6.05. The molecule has 0 aliphatic carbocycles. The lowest BCUT2D eigenvalue weighted by molar-refractivity contribution is 0.256. The van der Waals surface area contributed by atoms with Crippen molar-refractivity contribution in [3.63, 3.8) is 0 Å². The largest absolute Gasteiger partial charge is 0.497 e. The molecule has 0 spiro atoms. The van der Waals surface area contributed by atoms with Crippen LogP contribution in [0.15, 0.2) is 36.5 Å². The summed E-state index contributed by atoms with van der Waals surface area (Å²) >= 11 is 0. The first-order valence-corrected chi connectivity index (χ1v) is 9.52. The Morgan fingerprint density at radius 2 is 2.23 bits per heavy atom. The smallest absolute Gasteiger partial charge is 0.131 e. The molecule has 2 aliphatic heterocycles. The van der Waals surface area contributed by atoms with Gasteiger partial charge in [-0.15, -0.1) is 0 Å². The molecule has 2 aromatic rings. The molecule has 2 atom stereocenters. The third-order valence-corrected chi connectivity index (χ3v) is 5.59. The van der Waals surface area contributed by atoms with Crippen molar-refractivity contribution in [1.82, 2.24) is 15.2 Å². The molecule has 4 rings (SSSR count). The van der Waals surface area contributed by atoms with Crippen molar-refractivity contribution < 1.29 is 9.47 Å². The van der Waals surface area contributed by atoms with Gasteiger partial charge in [0.15, 0.2) is 0 Å². The van der Waals surface area contributed by atoms with E-state index in [1.807, 2.05) is 24.4 Å². The number of likely N-dealkylation sites (N-methyl/N-ethyl adjacent to an activating group) is 1. The van der Waals surface area contributed by atoms with Gasteiger partial charge in [-0.05, 0) is 55.8 Å². The third kappa shape index (κ3) is 3.29. The van der Waals surface area contributed by atoms with Crippen LogP contribution in [-0.2, 0) is 6.61 Å². The number of rotatable bonds is 5. The molecule has 0 amide bonds. The number of benzene rings is 1. The van der Waals surface area contributed by atoms with Crippen LogP contribution < -0.4 is 14.8 Å². The predicted octanol–water partition coefficient (Wildman–Crippen LogP) is 3.15. The van der Waals surface area contributed by atoms with E-state index in [0.29, 0.717) is 12.6 Å². The number of fused-ring (bicyclic) bond motifs is 2. The summed E-state index contributed by atoms with van der Waals surface area (Å²) in [6.45, 7) is 6.03. The lowest BCUT2D eigenvalue weighted by Gasteiger charge is -2.27. The molecule has 138 valence electrons. The quantitative estimate of drug-likeness (QED) is 0.895. The standard InChI is InChI=1S/C21H27N3O2/c1-3-24-11-5-6-15(24)13-23-21-17-7-4-10-22-19(17)14-26-20-9-8-16(25-2)12-18(20)21/h4,7-10,12,15,21,23H,3,5-6,11,13-14H2,1-2H3/t15-,21?/m1/s1. The highest BCUT2D eigenvalue weighted by Gasteiger charge is 2.28. The molecule has 0 saturated carbocycles. The zero-order valence-electron chi connectivity index (χ0n) is 15.6. The molecule has 0 bridgehead atoms. The Hall–Kier alpha value is -2.11. The van der Waals surface area contributed by atoms with E-state index in [4.69, 9.17) is 9.47 Å². The lowest BCUT2D eigenvalue weighted by atomic mass is 9.96. The van der Waals surface area contributed by atoms with Crippen molar-refractivity contribution in [2.45, 2.75) is 38.5 Å². The van der Waals surface area contributed by atoms with Gasteiger partial charge in [0.2, 0.25) is 0 Å². The summed E-state index contributed by atoms with van der Waals surface area (Å²) in [5.41, 5.74) is 3.32. The summed E-state index contributed by atoms with van der Waals surface area (Å²) in [5.74, 6) is 1.75. The van der Waals surface area contributed by atoms with Crippen LogP contribution in [0.1, 0.15) is 42.6 Å². The normalized spacial score (nSPS) is 22.2. The minimum atomic E-state index is 0.0607. The SMILES string of the molecule is CCN1CCC[C@@H]1CNC1c2cc(OC)ccc2OCc2ncccc21. The van der Waals surface area contributed by atoms with E-state index in [0.717, 1.165) is 35.8 Å². The van der Waals surface area contributed by atoms with Crippen LogP contribution in [-0.4, -0.2) is 42.7 Å². The van der Waals surface area contributed by atoms with Crippen LogP contribution in [0.2, 0.25) is 0 Å². The number of methoxy groups -OCH3 is 1. The molecule has 1 aromatic heterocycles. The van der Waals surface area contributed by atoms with Gasteiger partial charge in [0.1, 0.15) is 18.1 Å². The first-order chi connectivity index (χ1) is 12.8. The highest BCUT2D eigenvalue weighted by Crippen LogP contribution is 2.37. The van der Waals surface area contributed by atoms with Crippen LogP contribution in [0.25, 0.3) is 0 Å². The molecule has 1 unspecified atom stereocenters. The highest BCUT2D eigenvalue weighted by atomic mass is 16.5. The number of ether oxygens (including phenoxy) is 2. The topological polar surface area (TPSA) is 46.6 Å². The van der Waals surface area contributed by atoms with Crippen molar-refractivity contribution in [3.8, 4) is 11.5 Å². The van der Waals surface area contributed by atoms with Gasteiger partial charge >= 0.3 is 0 Å². The van der Waals surface area contributed by atoms with Gasteiger partial charge < -0.3 is 14.8 Å². The van der Waals surface area contributed by atoms with Gasteiger partial charge in [0.05, 0.1) is 18.8 Å². The van der Waals surface area contributed by atoms with Crippen molar-refractivity contribution in [2.75, 3.05) is 26.7 Å². The second-order valence-corrected chi connectivity index (χ2v) is 7.00. The highest BCUT2D eigenvalue weighted by molar-refractivity contribution is 5.48. The molecule has 1 saturated heterocycles. The number of nitrogens with zero attached hydrogens (tertiary/aromatic N) is 2. The minimum Gasteiger partial charge on any atom is -0.497 e. The molecule has 2 aliphatic rings. The number of pyridine rings is 1. The van der Waals surface area contributed by atoms with E-state index in [1.165, 1.54) is 24.9 Å². The summed E-state index contributed by atoms with van der Waals surface area (Å²) in [7, 11) is 1.70. The van der Waals surface area contributed by atoms with Gasteiger partial charge in [0, 0.05) is 24.3 Å². The van der Waals surface area contributed by atoms with Crippen LogP contribution in [0.3, 0.4) is 0 Å². The molecule has 1 fully saturated rings. The second kappa shape index (κ2) is 7.64. The number of hydrogen-bond donors (Lipinski definition) is 1. The van der Waals surface area contributed by atoms with Gasteiger partial charge in [-0.3, -0.25) is 9.88 Å². The van der Waals surface area contributed by atoms with Crippen LogP contribution in [0, 0.1) is 0 Å². The Morgan fingerprint density at radius 3 is 3.08 bits per heavy atom. The van der Waals surface area contributed by atoms with Crippen molar-refractivity contribution in [1.29, 1.82) is 0 Å². The maximum Gasteiger partial charge on any atom is 0.131 e. The van der Waals surface area contributed by atoms with Gasteiger partial charge in [-0.1, -0.05) is 13.0 Å². The van der Waals surface area contributed by atoms with E-state index >= 15 is 0 Å². The van der Waals surface area contributed by atoms with Crippen LogP contribution >= 0.6 is 0 Å². The molecule has 1 N–H and O–H groups in total. The number of likely N-dealkylation sites (tertiary alicyclic amines) is 1. The molecule has 5 nitrogen and oxygen atoms in total. The first-order valence-electron chi connectivity index (χ1n) is 9.52. The molecule has 3 heterocycles. The Labute approximate surface area is 155 Å². The zero-order valence-corrected chi connectivity index (χ0v) is 15.6. The maximum atomic E-state index is 6.05. The summed E-state index contributed by atoms with van der Waals surface area (Å²) in [5, 5.41) is 3.81. The van der Waals surface area contributed by atoms with Gasteiger partial charge in [0.25, 0.3) is 0 Å². The number of hydrogen-bond acceptors (Lipinski definition) is 5. The molecule has 1 aromatic carbocycles. The first kappa shape index (κ1) is 17.3. The summed E-state index contributed by atoms with van der Waals surface area (Å²) in [6, 6.07) is 10.9. The van der Waals surface area contributed by atoms with Crippen molar-refractivity contribution >= 4 is 0 Å². The van der Waals surface area contributed by atoms with Crippen LogP contribution in [0.4, 0.5) is 0 Å². The Bertz CT molecular complexity index is 765. The zero-order chi connectivity index (χ0) is 17.9. The average Bonchev–Trinajstić information content (AvgIpc) is 3.08. The van der Waals surface area contributed by atoms with Crippen molar-refractivity contribution in [3.05, 3.63) is 53.3 Å². The fourth-order valence-corrected chi connectivity index (χ4v) is 4.17. The van der Waals surface area contributed by atoms with Crippen LogP contribution in [0.5, 0.6) is 11.5 Å². The Morgan fingerprint density at radius 1 is 1.31 bits per heavy atom. The summed E-state index contributed by atoms with van der Waals surface area (Å²) in [6.07, 6.45) is 4.39. The Balaban J connectivity index is 1.67. The van der Waals surface area contributed by atoms with E-state index in [2.05, 4.69) is 34.3 Å². The molecule has 26 heavy (non-hydrogen) atoms. The fraction of sp³-hybridized carbons (Fsp3) is 0.476.